The van der Waals surface area contributed by atoms with Crippen LogP contribution >= 0.6 is 15.9 Å². The highest BCUT2D eigenvalue weighted by Gasteiger charge is 2.41. The molecule has 4 aromatic rings. The Morgan fingerprint density at radius 1 is 1.00 bits per heavy atom. The first-order chi connectivity index (χ1) is 16.1. The summed E-state index contributed by atoms with van der Waals surface area (Å²) in [7, 11) is 2.12. The number of ether oxygens (including phenoxy) is 1. The Hall–Kier alpha value is -2.89. The lowest BCUT2D eigenvalue weighted by atomic mass is 9.93. The van der Waals surface area contributed by atoms with Gasteiger partial charge in [0.2, 0.25) is 0 Å². The molecule has 1 aromatic heterocycles. The first-order valence-corrected chi connectivity index (χ1v) is 12.3. The number of nitrogens with zero attached hydrogens (tertiary/aromatic N) is 2. The van der Waals surface area contributed by atoms with E-state index in [4.69, 9.17) is 4.74 Å². The number of benzene rings is 3. The smallest absolute Gasteiger partial charge is 0.255 e. The third-order valence-electron chi connectivity index (χ3n) is 7.02. The van der Waals surface area contributed by atoms with E-state index in [-0.39, 0.29) is 18.1 Å². The molecule has 0 unspecified atom stereocenters. The third-order valence-corrected chi connectivity index (χ3v) is 7.55. The molecule has 2 aliphatic rings. The molecule has 6 rings (SSSR count). The SMILES string of the molecule is Cn1c(-c2ccc(Br)cc2)c([C@@H]2c3ccccc3C(=O)N2C[C@H]2CCCO2)c2ccccc21. The molecule has 5 heteroatoms. The standard InChI is InChI=1S/C28H25BrN2O2/c1-30-24-11-5-4-10-23(24)25(26(30)18-12-14-19(29)15-13-18)27-21-8-2-3-9-22(21)28(32)31(27)17-20-7-6-16-33-20/h2-5,8-15,20,27H,6-7,16-17H2,1H3/t20-,27+/m1/s1. The van der Waals surface area contributed by atoms with Gasteiger partial charge in [0.25, 0.3) is 5.91 Å². The lowest BCUT2D eigenvalue weighted by Gasteiger charge is -2.29. The Morgan fingerprint density at radius 3 is 2.55 bits per heavy atom. The Labute approximate surface area is 201 Å². The normalized spacial score (nSPS) is 20.1. The van der Waals surface area contributed by atoms with Crippen molar-refractivity contribution >= 4 is 32.7 Å². The van der Waals surface area contributed by atoms with Crippen LogP contribution in [0.25, 0.3) is 22.2 Å². The maximum Gasteiger partial charge on any atom is 0.255 e. The Balaban J connectivity index is 1.61. The molecule has 3 heterocycles. The number of aryl methyl sites for hydroxylation is 1. The number of amides is 1. The summed E-state index contributed by atoms with van der Waals surface area (Å²) < 4.78 is 9.28. The number of carbonyl (C=O) groups is 1. The minimum Gasteiger partial charge on any atom is -0.376 e. The van der Waals surface area contributed by atoms with E-state index in [2.05, 4.69) is 82.1 Å². The molecule has 1 fully saturated rings. The number of rotatable bonds is 4. The van der Waals surface area contributed by atoms with Gasteiger partial charge in [0, 0.05) is 46.7 Å². The first kappa shape index (κ1) is 20.7. The van der Waals surface area contributed by atoms with Gasteiger partial charge >= 0.3 is 0 Å². The molecule has 0 aliphatic carbocycles. The van der Waals surface area contributed by atoms with Gasteiger partial charge in [0.05, 0.1) is 17.8 Å². The quantitative estimate of drug-likeness (QED) is 0.328. The van der Waals surface area contributed by atoms with Crippen molar-refractivity contribution in [3.8, 4) is 11.3 Å². The Morgan fingerprint density at radius 2 is 1.76 bits per heavy atom. The van der Waals surface area contributed by atoms with Crippen LogP contribution in [-0.2, 0) is 11.8 Å². The summed E-state index contributed by atoms with van der Waals surface area (Å²) in [6.07, 6.45) is 2.15. The van der Waals surface area contributed by atoms with Crippen molar-refractivity contribution in [2.45, 2.75) is 25.0 Å². The van der Waals surface area contributed by atoms with Crippen LogP contribution in [-0.4, -0.2) is 34.6 Å². The molecule has 0 N–H and O–H groups in total. The average molecular weight is 501 g/mol. The van der Waals surface area contributed by atoms with Crippen molar-refractivity contribution in [3.05, 3.63) is 94.0 Å². The second-order valence-electron chi connectivity index (χ2n) is 8.93. The summed E-state index contributed by atoms with van der Waals surface area (Å²) in [5.41, 5.74) is 6.52. The van der Waals surface area contributed by atoms with Gasteiger partial charge in [-0.3, -0.25) is 4.79 Å². The van der Waals surface area contributed by atoms with Gasteiger partial charge in [0.1, 0.15) is 0 Å². The van der Waals surface area contributed by atoms with E-state index in [1.165, 1.54) is 16.5 Å². The Bertz CT molecular complexity index is 1350. The molecule has 1 saturated heterocycles. The highest BCUT2D eigenvalue weighted by Crippen LogP contribution is 2.46. The zero-order chi connectivity index (χ0) is 22.5. The number of aromatic nitrogens is 1. The summed E-state index contributed by atoms with van der Waals surface area (Å²) in [4.78, 5) is 15.7. The summed E-state index contributed by atoms with van der Waals surface area (Å²) >= 11 is 3.57. The van der Waals surface area contributed by atoms with Crippen LogP contribution in [0.2, 0.25) is 0 Å². The molecule has 33 heavy (non-hydrogen) atoms. The van der Waals surface area contributed by atoms with Crippen LogP contribution in [0.15, 0.2) is 77.3 Å². The molecule has 166 valence electrons. The van der Waals surface area contributed by atoms with E-state index in [1.54, 1.807) is 0 Å². The lowest BCUT2D eigenvalue weighted by molar-refractivity contribution is 0.0501. The highest BCUT2D eigenvalue weighted by atomic mass is 79.9. The number of para-hydroxylation sites is 1. The van der Waals surface area contributed by atoms with Crippen molar-refractivity contribution < 1.29 is 9.53 Å². The second-order valence-corrected chi connectivity index (χ2v) is 9.84. The Kier molecular flexibility index (Phi) is 5.11. The molecule has 2 aliphatic heterocycles. The molecule has 0 radical (unpaired) electrons. The van der Waals surface area contributed by atoms with Gasteiger partial charge in [0.15, 0.2) is 0 Å². The van der Waals surface area contributed by atoms with Gasteiger partial charge in [-0.2, -0.15) is 0 Å². The number of hydrogen-bond acceptors (Lipinski definition) is 2. The van der Waals surface area contributed by atoms with Crippen LogP contribution in [0.1, 0.15) is 40.4 Å². The van der Waals surface area contributed by atoms with E-state index in [9.17, 15) is 4.79 Å². The molecular formula is C28H25BrN2O2. The van der Waals surface area contributed by atoms with Crippen LogP contribution in [0, 0.1) is 0 Å². The number of fused-ring (bicyclic) bond motifs is 2. The molecule has 0 saturated carbocycles. The monoisotopic (exact) mass is 500 g/mol. The predicted octanol–water partition coefficient (Wildman–Crippen LogP) is 6.33. The van der Waals surface area contributed by atoms with Crippen LogP contribution in [0.3, 0.4) is 0 Å². The fourth-order valence-corrected chi connectivity index (χ4v) is 5.80. The fraction of sp³-hybridized carbons (Fsp3) is 0.250. The molecular weight excluding hydrogens is 476 g/mol. The third kappa shape index (κ3) is 3.33. The summed E-state index contributed by atoms with van der Waals surface area (Å²) in [6, 6.07) is 24.9. The van der Waals surface area contributed by atoms with E-state index in [1.807, 2.05) is 23.1 Å². The van der Waals surface area contributed by atoms with E-state index in [0.29, 0.717) is 6.54 Å². The van der Waals surface area contributed by atoms with Crippen molar-refractivity contribution in [2.24, 2.45) is 7.05 Å². The van der Waals surface area contributed by atoms with E-state index >= 15 is 0 Å². The summed E-state index contributed by atoms with van der Waals surface area (Å²) in [5, 5.41) is 1.18. The van der Waals surface area contributed by atoms with Gasteiger partial charge in [-0.1, -0.05) is 64.5 Å². The molecule has 0 spiro atoms. The van der Waals surface area contributed by atoms with Gasteiger partial charge in [-0.15, -0.1) is 0 Å². The number of halogens is 1. The number of carbonyl (C=O) groups excluding carboxylic acids is 1. The molecule has 2 atom stereocenters. The molecule has 0 bridgehead atoms. The lowest BCUT2D eigenvalue weighted by Crippen LogP contribution is -2.36. The predicted molar refractivity (Wildman–Crippen MR) is 134 cm³/mol. The average Bonchev–Trinajstić information content (AvgIpc) is 3.52. The fourth-order valence-electron chi connectivity index (χ4n) is 5.53. The van der Waals surface area contributed by atoms with Gasteiger partial charge < -0.3 is 14.2 Å². The minimum atomic E-state index is -0.150. The maximum absolute atomic E-state index is 13.7. The first-order valence-electron chi connectivity index (χ1n) is 11.5. The van der Waals surface area contributed by atoms with Crippen LogP contribution in [0.4, 0.5) is 0 Å². The van der Waals surface area contributed by atoms with Crippen molar-refractivity contribution in [2.75, 3.05) is 13.2 Å². The molecule has 4 nitrogen and oxygen atoms in total. The van der Waals surface area contributed by atoms with Crippen molar-refractivity contribution in [1.82, 2.24) is 9.47 Å². The van der Waals surface area contributed by atoms with Crippen LogP contribution < -0.4 is 0 Å². The van der Waals surface area contributed by atoms with Crippen LogP contribution in [0.5, 0.6) is 0 Å². The minimum absolute atomic E-state index is 0.0943. The van der Waals surface area contributed by atoms with E-state index in [0.717, 1.165) is 46.3 Å². The summed E-state index contributed by atoms with van der Waals surface area (Å²) in [6.45, 7) is 1.39. The zero-order valence-electron chi connectivity index (χ0n) is 18.5. The maximum atomic E-state index is 13.7. The summed E-state index contributed by atoms with van der Waals surface area (Å²) in [5.74, 6) is 0.0980. The topological polar surface area (TPSA) is 34.5 Å². The van der Waals surface area contributed by atoms with Crippen molar-refractivity contribution in [3.63, 3.8) is 0 Å². The zero-order valence-corrected chi connectivity index (χ0v) is 20.1. The highest BCUT2D eigenvalue weighted by molar-refractivity contribution is 9.10. The van der Waals surface area contributed by atoms with Gasteiger partial charge in [-0.05, 0) is 48.2 Å². The molecule has 3 aromatic carbocycles. The number of hydrogen-bond donors (Lipinski definition) is 0. The molecule has 1 amide bonds. The van der Waals surface area contributed by atoms with Crippen molar-refractivity contribution in [1.29, 1.82) is 0 Å². The second kappa shape index (κ2) is 8.15. The van der Waals surface area contributed by atoms with Gasteiger partial charge in [-0.25, -0.2) is 0 Å². The van der Waals surface area contributed by atoms with E-state index < -0.39 is 0 Å². The largest absolute Gasteiger partial charge is 0.376 e.